The Morgan fingerprint density at radius 3 is 2.57 bits per heavy atom. The van der Waals surface area contributed by atoms with E-state index in [1.54, 1.807) is 42.5 Å². The van der Waals surface area contributed by atoms with E-state index >= 15 is 0 Å². The van der Waals surface area contributed by atoms with Gasteiger partial charge in [0.05, 0.1) is 6.26 Å². The predicted molar refractivity (Wildman–Crippen MR) is 88.8 cm³/mol. The molecule has 0 unspecified atom stereocenters. The molecular formula is C17H15ClN2O3. The monoisotopic (exact) mass is 330 g/mol. The number of benzene rings is 1. The lowest BCUT2D eigenvalue weighted by molar-refractivity contribution is -0.117. The molecular weight excluding hydrogens is 316 g/mol. The molecule has 2 rings (SSSR count). The van der Waals surface area contributed by atoms with Gasteiger partial charge in [-0.1, -0.05) is 29.8 Å². The van der Waals surface area contributed by atoms with Gasteiger partial charge in [0.15, 0.2) is 5.76 Å². The molecule has 0 atom stereocenters. The van der Waals surface area contributed by atoms with Crippen LogP contribution in [0.3, 0.4) is 0 Å². The van der Waals surface area contributed by atoms with Crippen LogP contribution >= 0.6 is 11.6 Å². The lowest BCUT2D eigenvalue weighted by atomic mass is 10.2. The second-order valence-corrected chi connectivity index (χ2v) is 4.98. The molecule has 1 aromatic carbocycles. The Morgan fingerprint density at radius 2 is 1.96 bits per heavy atom. The van der Waals surface area contributed by atoms with E-state index in [1.165, 1.54) is 12.3 Å². The van der Waals surface area contributed by atoms with E-state index < -0.39 is 11.8 Å². The minimum Gasteiger partial charge on any atom is -0.459 e. The molecule has 0 bridgehead atoms. The molecule has 0 saturated heterocycles. The van der Waals surface area contributed by atoms with Gasteiger partial charge in [-0.15, -0.1) is 6.58 Å². The van der Waals surface area contributed by atoms with Crippen LogP contribution in [0.5, 0.6) is 0 Å². The predicted octanol–water partition coefficient (Wildman–Crippen LogP) is 3.01. The number of rotatable bonds is 6. The number of amides is 2. The van der Waals surface area contributed by atoms with Crippen LogP contribution in [0.15, 0.2) is 65.4 Å². The average Bonchev–Trinajstić information content (AvgIpc) is 3.08. The molecule has 118 valence electrons. The van der Waals surface area contributed by atoms with Crippen molar-refractivity contribution in [2.75, 3.05) is 6.54 Å². The van der Waals surface area contributed by atoms with Crippen molar-refractivity contribution in [3.8, 4) is 0 Å². The topological polar surface area (TPSA) is 71.3 Å². The molecule has 0 aliphatic carbocycles. The highest BCUT2D eigenvalue weighted by Crippen LogP contribution is 2.12. The molecule has 0 radical (unpaired) electrons. The molecule has 6 heteroatoms. The molecule has 23 heavy (non-hydrogen) atoms. The molecule has 0 aliphatic rings. The van der Waals surface area contributed by atoms with Gasteiger partial charge in [0, 0.05) is 11.6 Å². The highest BCUT2D eigenvalue weighted by Gasteiger charge is 2.15. The Labute approximate surface area is 138 Å². The number of furan rings is 1. The van der Waals surface area contributed by atoms with Gasteiger partial charge in [-0.3, -0.25) is 9.59 Å². The number of halogens is 1. The maximum Gasteiger partial charge on any atom is 0.291 e. The fourth-order valence-corrected chi connectivity index (χ4v) is 1.86. The van der Waals surface area contributed by atoms with Gasteiger partial charge in [0.1, 0.15) is 5.70 Å². The van der Waals surface area contributed by atoms with Crippen LogP contribution in [0.1, 0.15) is 16.1 Å². The van der Waals surface area contributed by atoms with Crippen LogP contribution < -0.4 is 10.6 Å². The zero-order valence-corrected chi connectivity index (χ0v) is 13.0. The Kier molecular flexibility index (Phi) is 5.77. The van der Waals surface area contributed by atoms with Crippen LogP contribution in [0.2, 0.25) is 5.02 Å². The summed E-state index contributed by atoms with van der Waals surface area (Å²) < 4.78 is 5.02. The Hall–Kier alpha value is -2.79. The van der Waals surface area contributed by atoms with Gasteiger partial charge in [-0.05, 0) is 35.9 Å². The number of carbonyl (C=O) groups excluding carboxylic acids is 2. The molecule has 1 heterocycles. The van der Waals surface area contributed by atoms with Crippen LogP contribution in [0.25, 0.3) is 6.08 Å². The third kappa shape index (κ3) is 4.86. The van der Waals surface area contributed by atoms with Gasteiger partial charge >= 0.3 is 0 Å². The summed E-state index contributed by atoms with van der Waals surface area (Å²) in [7, 11) is 0. The summed E-state index contributed by atoms with van der Waals surface area (Å²) in [5.41, 5.74) is 0.813. The van der Waals surface area contributed by atoms with Crippen LogP contribution in [-0.4, -0.2) is 18.4 Å². The first-order valence-corrected chi connectivity index (χ1v) is 7.19. The molecule has 0 spiro atoms. The van der Waals surface area contributed by atoms with E-state index in [4.69, 9.17) is 16.0 Å². The zero-order valence-electron chi connectivity index (χ0n) is 12.2. The normalized spacial score (nSPS) is 10.9. The molecule has 0 aliphatic heterocycles. The van der Waals surface area contributed by atoms with Crippen molar-refractivity contribution in [3.05, 3.63) is 77.4 Å². The molecule has 2 aromatic rings. The summed E-state index contributed by atoms with van der Waals surface area (Å²) in [6, 6.07) is 9.97. The zero-order chi connectivity index (χ0) is 16.7. The molecule has 1 aromatic heterocycles. The van der Waals surface area contributed by atoms with E-state index in [-0.39, 0.29) is 18.0 Å². The first kappa shape index (κ1) is 16.6. The van der Waals surface area contributed by atoms with Gasteiger partial charge in [-0.25, -0.2) is 0 Å². The Balaban J connectivity index is 2.23. The third-order valence-electron chi connectivity index (χ3n) is 2.83. The number of carbonyl (C=O) groups is 2. The van der Waals surface area contributed by atoms with Crippen molar-refractivity contribution in [1.29, 1.82) is 0 Å². The van der Waals surface area contributed by atoms with Crippen molar-refractivity contribution >= 4 is 29.5 Å². The fraction of sp³-hybridized carbons (Fsp3) is 0.0588. The van der Waals surface area contributed by atoms with E-state index in [2.05, 4.69) is 17.2 Å². The van der Waals surface area contributed by atoms with Crippen LogP contribution in [-0.2, 0) is 4.79 Å². The third-order valence-corrected chi connectivity index (χ3v) is 3.08. The minimum absolute atomic E-state index is 0.0931. The first-order chi connectivity index (χ1) is 11.1. The fourth-order valence-electron chi connectivity index (χ4n) is 1.74. The molecule has 0 fully saturated rings. The average molecular weight is 331 g/mol. The number of nitrogens with one attached hydrogen (secondary N) is 2. The maximum atomic E-state index is 12.2. The van der Waals surface area contributed by atoms with Crippen molar-refractivity contribution in [2.24, 2.45) is 0 Å². The highest BCUT2D eigenvalue weighted by atomic mass is 35.5. The number of hydrogen-bond donors (Lipinski definition) is 2. The van der Waals surface area contributed by atoms with Gasteiger partial charge in [0.2, 0.25) is 0 Å². The summed E-state index contributed by atoms with van der Waals surface area (Å²) >= 11 is 5.84. The van der Waals surface area contributed by atoms with Gasteiger partial charge < -0.3 is 15.1 Å². The van der Waals surface area contributed by atoms with Crippen molar-refractivity contribution in [1.82, 2.24) is 10.6 Å². The van der Waals surface area contributed by atoms with E-state index in [1.807, 2.05) is 0 Å². The second kappa shape index (κ2) is 8.00. The minimum atomic E-state index is -0.510. The largest absolute Gasteiger partial charge is 0.459 e. The van der Waals surface area contributed by atoms with E-state index in [0.29, 0.717) is 5.02 Å². The quantitative estimate of drug-likeness (QED) is 0.631. The van der Waals surface area contributed by atoms with Crippen molar-refractivity contribution in [2.45, 2.75) is 0 Å². The maximum absolute atomic E-state index is 12.2. The SMILES string of the molecule is C=CCNC(=O)C(=Cc1ccc(Cl)cc1)NC(=O)c1ccco1. The lowest BCUT2D eigenvalue weighted by Crippen LogP contribution is -2.34. The summed E-state index contributed by atoms with van der Waals surface area (Å²) in [6.07, 6.45) is 4.48. The Morgan fingerprint density at radius 1 is 1.22 bits per heavy atom. The summed E-state index contributed by atoms with van der Waals surface area (Å²) in [5, 5.41) is 5.74. The van der Waals surface area contributed by atoms with Gasteiger partial charge in [-0.2, -0.15) is 0 Å². The molecule has 0 saturated carbocycles. The van der Waals surface area contributed by atoms with Crippen LogP contribution in [0, 0.1) is 0 Å². The van der Waals surface area contributed by atoms with Crippen molar-refractivity contribution in [3.63, 3.8) is 0 Å². The Bertz CT molecular complexity index is 719. The molecule has 2 N–H and O–H groups in total. The highest BCUT2D eigenvalue weighted by molar-refractivity contribution is 6.30. The molecule has 2 amide bonds. The lowest BCUT2D eigenvalue weighted by Gasteiger charge is -2.09. The van der Waals surface area contributed by atoms with Crippen molar-refractivity contribution < 1.29 is 14.0 Å². The van der Waals surface area contributed by atoms with E-state index in [0.717, 1.165) is 5.56 Å². The van der Waals surface area contributed by atoms with E-state index in [9.17, 15) is 9.59 Å². The first-order valence-electron chi connectivity index (χ1n) is 6.81. The summed E-state index contributed by atoms with van der Waals surface area (Å²) in [4.78, 5) is 24.3. The standard InChI is InChI=1S/C17H15ClN2O3/c1-2-9-19-16(21)14(11-12-5-7-13(18)8-6-12)20-17(22)15-4-3-10-23-15/h2-8,10-11H,1,9H2,(H,19,21)(H,20,22). The summed E-state index contributed by atoms with van der Waals surface area (Å²) in [5.74, 6) is -0.827. The smallest absolute Gasteiger partial charge is 0.291 e. The molecule has 5 nitrogen and oxygen atoms in total. The summed E-state index contributed by atoms with van der Waals surface area (Å²) in [6.45, 7) is 3.82. The van der Waals surface area contributed by atoms with Gasteiger partial charge in [0.25, 0.3) is 11.8 Å². The van der Waals surface area contributed by atoms with Crippen LogP contribution in [0.4, 0.5) is 0 Å². The second-order valence-electron chi connectivity index (χ2n) is 4.54. The number of hydrogen-bond acceptors (Lipinski definition) is 3.